The molecule has 1 heterocycles. The highest BCUT2D eigenvalue weighted by molar-refractivity contribution is 5.95. The number of fused-ring (bicyclic) bond motifs is 3. The van der Waals surface area contributed by atoms with Crippen molar-refractivity contribution in [3.8, 4) is 22.5 Å². The molecule has 1 unspecified atom stereocenters. The maximum Gasteiger partial charge on any atom is 0.228 e. The Morgan fingerprint density at radius 1 is 1.10 bits per heavy atom. The molecule has 0 aliphatic heterocycles. The first-order valence-corrected chi connectivity index (χ1v) is 10.1. The Hall–Kier alpha value is -3.05. The SMILES string of the molecule is CCC(C)C(=O)Nc1nc2c(nc1-c1ccccc1)-c1ccc(CO)cc1CC2. The van der Waals surface area contributed by atoms with Crippen molar-refractivity contribution in [3.05, 3.63) is 65.4 Å². The molecule has 3 aromatic rings. The standard InChI is InChI=1S/C24H25N3O2/c1-3-15(2)24(29)27-23-21(17-7-5-4-6-8-17)26-22-19-11-9-16(14-28)13-18(19)10-12-20(22)25-23/h4-9,11,13,15,28H,3,10,12,14H2,1-2H3,(H,25,27,29). The monoisotopic (exact) mass is 387 g/mol. The van der Waals surface area contributed by atoms with E-state index in [1.165, 1.54) is 5.56 Å². The number of anilines is 1. The molecule has 29 heavy (non-hydrogen) atoms. The van der Waals surface area contributed by atoms with Crippen molar-refractivity contribution in [1.82, 2.24) is 9.97 Å². The number of carbonyl (C=O) groups is 1. The van der Waals surface area contributed by atoms with Gasteiger partial charge in [0.15, 0.2) is 5.82 Å². The van der Waals surface area contributed by atoms with Gasteiger partial charge < -0.3 is 10.4 Å². The van der Waals surface area contributed by atoms with E-state index in [-0.39, 0.29) is 18.4 Å². The smallest absolute Gasteiger partial charge is 0.228 e. The Morgan fingerprint density at radius 3 is 2.62 bits per heavy atom. The first-order chi connectivity index (χ1) is 14.1. The fraction of sp³-hybridized carbons (Fsp3) is 0.292. The molecule has 5 nitrogen and oxygen atoms in total. The molecule has 148 valence electrons. The van der Waals surface area contributed by atoms with Crippen LogP contribution in [0.15, 0.2) is 48.5 Å². The van der Waals surface area contributed by atoms with Gasteiger partial charge in [0, 0.05) is 17.0 Å². The molecule has 0 spiro atoms. The third-order valence-electron chi connectivity index (χ3n) is 5.56. The lowest BCUT2D eigenvalue weighted by Crippen LogP contribution is -2.22. The summed E-state index contributed by atoms with van der Waals surface area (Å²) in [5, 5.41) is 12.5. The number of carbonyl (C=O) groups excluding carboxylic acids is 1. The minimum absolute atomic E-state index is 0.0294. The summed E-state index contributed by atoms with van der Waals surface area (Å²) in [6, 6.07) is 15.8. The van der Waals surface area contributed by atoms with Gasteiger partial charge in [0.05, 0.1) is 18.0 Å². The molecule has 2 aromatic carbocycles. The van der Waals surface area contributed by atoms with Crippen LogP contribution in [-0.4, -0.2) is 21.0 Å². The van der Waals surface area contributed by atoms with Gasteiger partial charge >= 0.3 is 0 Å². The topological polar surface area (TPSA) is 75.1 Å². The number of rotatable bonds is 5. The molecule has 1 atom stereocenters. The first kappa shape index (κ1) is 19.3. The number of benzene rings is 2. The molecule has 1 amide bonds. The van der Waals surface area contributed by atoms with Crippen LogP contribution in [0.4, 0.5) is 5.82 Å². The van der Waals surface area contributed by atoms with Gasteiger partial charge in [-0.15, -0.1) is 0 Å². The third-order valence-corrected chi connectivity index (χ3v) is 5.56. The fourth-order valence-electron chi connectivity index (χ4n) is 3.61. The first-order valence-electron chi connectivity index (χ1n) is 10.1. The quantitative estimate of drug-likeness (QED) is 0.681. The fourth-order valence-corrected chi connectivity index (χ4v) is 3.61. The van der Waals surface area contributed by atoms with Gasteiger partial charge in [-0.25, -0.2) is 9.97 Å². The molecule has 2 N–H and O–H groups in total. The highest BCUT2D eigenvalue weighted by Crippen LogP contribution is 2.36. The second-order valence-electron chi connectivity index (χ2n) is 7.53. The van der Waals surface area contributed by atoms with Crippen LogP contribution in [0.2, 0.25) is 0 Å². The molecule has 0 saturated heterocycles. The van der Waals surface area contributed by atoms with E-state index < -0.39 is 0 Å². The van der Waals surface area contributed by atoms with Crippen molar-refractivity contribution in [2.75, 3.05) is 5.32 Å². The van der Waals surface area contributed by atoms with Crippen molar-refractivity contribution in [1.29, 1.82) is 0 Å². The summed E-state index contributed by atoms with van der Waals surface area (Å²) in [4.78, 5) is 22.4. The molecular weight excluding hydrogens is 362 g/mol. The Labute approximate surface area is 170 Å². The van der Waals surface area contributed by atoms with E-state index >= 15 is 0 Å². The Morgan fingerprint density at radius 2 is 1.90 bits per heavy atom. The van der Waals surface area contributed by atoms with Crippen molar-refractivity contribution in [2.45, 2.75) is 39.7 Å². The van der Waals surface area contributed by atoms with Crippen LogP contribution < -0.4 is 5.32 Å². The zero-order chi connectivity index (χ0) is 20.4. The number of aryl methyl sites for hydroxylation is 2. The minimum atomic E-state index is -0.0888. The number of aromatic nitrogens is 2. The van der Waals surface area contributed by atoms with Gasteiger partial charge in [-0.2, -0.15) is 0 Å². The Kier molecular flexibility index (Phi) is 5.41. The molecule has 4 rings (SSSR count). The van der Waals surface area contributed by atoms with Gasteiger partial charge in [0.25, 0.3) is 0 Å². The van der Waals surface area contributed by atoms with Crippen LogP contribution in [-0.2, 0) is 24.2 Å². The van der Waals surface area contributed by atoms with Crippen LogP contribution >= 0.6 is 0 Å². The third kappa shape index (κ3) is 3.78. The van der Waals surface area contributed by atoms with E-state index in [2.05, 4.69) is 5.32 Å². The Bertz CT molecular complexity index is 1050. The lowest BCUT2D eigenvalue weighted by Gasteiger charge is -2.22. The predicted octanol–water partition coefficient (Wildman–Crippen LogP) is 4.39. The van der Waals surface area contributed by atoms with E-state index in [4.69, 9.17) is 9.97 Å². The number of hydrogen-bond acceptors (Lipinski definition) is 4. The van der Waals surface area contributed by atoms with Gasteiger partial charge in [0.1, 0.15) is 5.69 Å². The van der Waals surface area contributed by atoms with Crippen LogP contribution in [0, 0.1) is 5.92 Å². The molecule has 0 radical (unpaired) electrons. The largest absolute Gasteiger partial charge is 0.392 e. The molecule has 0 fully saturated rings. The van der Waals surface area contributed by atoms with Crippen LogP contribution in [0.25, 0.3) is 22.5 Å². The van der Waals surface area contributed by atoms with Crippen LogP contribution in [0.3, 0.4) is 0 Å². The summed E-state index contributed by atoms with van der Waals surface area (Å²) in [6.07, 6.45) is 2.37. The number of aliphatic hydroxyl groups excluding tert-OH is 1. The number of amides is 1. The summed E-state index contributed by atoms with van der Waals surface area (Å²) in [7, 11) is 0. The summed E-state index contributed by atoms with van der Waals surface area (Å²) >= 11 is 0. The molecule has 1 aliphatic carbocycles. The van der Waals surface area contributed by atoms with Crippen molar-refractivity contribution >= 4 is 11.7 Å². The predicted molar refractivity (Wildman–Crippen MR) is 114 cm³/mol. The highest BCUT2D eigenvalue weighted by atomic mass is 16.3. The van der Waals surface area contributed by atoms with Crippen molar-refractivity contribution in [3.63, 3.8) is 0 Å². The average Bonchev–Trinajstić information content (AvgIpc) is 2.77. The van der Waals surface area contributed by atoms with E-state index in [0.29, 0.717) is 11.5 Å². The summed E-state index contributed by atoms with van der Waals surface area (Å²) in [5.74, 6) is 0.396. The Balaban J connectivity index is 1.84. The second-order valence-corrected chi connectivity index (χ2v) is 7.53. The second kappa shape index (κ2) is 8.13. The molecule has 5 heteroatoms. The normalized spacial score (nSPS) is 13.3. The molecule has 1 aliphatic rings. The van der Waals surface area contributed by atoms with Gasteiger partial charge in [-0.3, -0.25) is 4.79 Å². The molecule has 0 bridgehead atoms. The number of nitrogens with zero attached hydrogens (tertiary/aromatic N) is 2. The highest BCUT2D eigenvalue weighted by Gasteiger charge is 2.24. The molecule has 0 saturated carbocycles. The maximum absolute atomic E-state index is 12.6. The van der Waals surface area contributed by atoms with E-state index in [1.54, 1.807) is 0 Å². The average molecular weight is 387 g/mol. The van der Waals surface area contributed by atoms with E-state index in [9.17, 15) is 9.90 Å². The van der Waals surface area contributed by atoms with Crippen LogP contribution in [0.1, 0.15) is 37.1 Å². The van der Waals surface area contributed by atoms with E-state index in [1.807, 2.05) is 62.4 Å². The van der Waals surface area contributed by atoms with Crippen molar-refractivity contribution < 1.29 is 9.90 Å². The lowest BCUT2D eigenvalue weighted by molar-refractivity contribution is -0.119. The van der Waals surface area contributed by atoms with Gasteiger partial charge in [-0.05, 0) is 30.4 Å². The maximum atomic E-state index is 12.6. The zero-order valence-electron chi connectivity index (χ0n) is 16.8. The van der Waals surface area contributed by atoms with E-state index in [0.717, 1.165) is 47.3 Å². The van der Waals surface area contributed by atoms with Crippen LogP contribution in [0.5, 0.6) is 0 Å². The summed E-state index contributed by atoms with van der Waals surface area (Å²) < 4.78 is 0. The lowest BCUT2D eigenvalue weighted by atomic mass is 9.90. The summed E-state index contributed by atoms with van der Waals surface area (Å²) in [5.41, 5.74) is 6.48. The number of hydrogen-bond donors (Lipinski definition) is 2. The zero-order valence-corrected chi connectivity index (χ0v) is 16.8. The number of aliphatic hydroxyl groups is 1. The van der Waals surface area contributed by atoms with Gasteiger partial charge in [0.2, 0.25) is 5.91 Å². The molecular formula is C24H25N3O2. The summed E-state index contributed by atoms with van der Waals surface area (Å²) in [6.45, 7) is 3.94. The van der Waals surface area contributed by atoms with Crippen molar-refractivity contribution in [2.24, 2.45) is 5.92 Å². The minimum Gasteiger partial charge on any atom is -0.392 e. The molecule has 1 aromatic heterocycles. The number of nitrogens with one attached hydrogen (secondary N) is 1. The van der Waals surface area contributed by atoms with Gasteiger partial charge in [-0.1, -0.05) is 62.4 Å².